The molecule has 2 N–H and O–H groups in total. The lowest BCUT2D eigenvalue weighted by molar-refractivity contribution is -0.491. The number of rotatable bonds is 1. The number of nitro groups is 1. The molecule has 0 unspecified atom stereocenters. The van der Waals surface area contributed by atoms with Crippen LogP contribution in [0.4, 0.5) is 0 Å². The highest BCUT2D eigenvalue weighted by Crippen LogP contribution is 1.29. The van der Waals surface area contributed by atoms with Crippen molar-refractivity contribution < 1.29 is 6.44 Å². The Morgan fingerprint density at radius 1 is 2.50 bits per heavy atom. The number of nitrogens with zero attached hydrogens (tertiary/aromatic N) is 1. The Morgan fingerprint density at radius 2 is 2.75 bits per heavy atom. The first kappa shape index (κ1) is 1.51. The largest absolute Gasteiger partial charge is 0.235 e. The van der Waals surface area contributed by atoms with Gasteiger partial charge in [-0.2, -0.15) is 5.84 Å². The van der Waals surface area contributed by atoms with Crippen LogP contribution in [0.15, 0.2) is 0 Å². The van der Waals surface area contributed by atoms with Gasteiger partial charge in [0.15, 0.2) is 5.03 Å². The molecular formula is H2N2O2. The van der Waals surface area contributed by atoms with Gasteiger partial charge in [-0.3, -0.25) is 0 Å². The Hall–Kier alpha value is -0.800. The SMILES string of the molecule is [2H]N[N+](=O)[O-]. The number of hydrazine groups is 1. The van der Waals surface area contributed by atoms with E-state index < -0.39 is 5.03 Å². The summed E-state index contributed by atoms with van der Waals surface area (Å²) in [7, 11) is 0. The van der Waals surface area contributed by atoms with Crippen LogP contribution >= 0.6 is 0 Å². The van der Waals surface area contributed by atoms with E-state index in [1.807, 2.05) is 0 Å². The number of nitrogens with two attached hydrogens (primary N) is 1. The van der Waals surface area contributed by atoms with Crippen molar-refractivity contribution in [2.45, 2.75) is 0 Å². The summed E-state index contributed by atoms with van der Waals surface area (Å²) in [6.07, 6.45) is 0. The minimum absolute atomic E-state index is 0.958. The topological polar surface area (TPSA) is 69.2 Å². The first-order valence-corrected chi connectivity index (χ1v) is 0.589. The third-order valence-corrected chi connectivity index (χ3v) is 0. The average Bonchev–Trinajstić information content (AvgIpc) is 1.38. The maximum atomic E-state index is 8.88. The van der Waals surface area contributed by atoms with Gasteiger partial charge in [-0.15, -0.1) is 0 Å². The van der Waals surface area contributed by atoms with Gasteiger partial charge in [-0.1, -0.05) is 0 Å². The zero-order valence-corrected chi connectivity index (χ0v) is 1.76. The molecule has 4 heteroatoms. The van der Waals surface area contributed by atoms with E-state index in [9.17, 15) is 0 Å². The summed E-state index contributed by atoms with van der Waals surface area (Å²) in [5.41, 5.74) is 0. The fraction of sp³-hybridized carbons (Fsp3) is 0. The molecule has 0 fully saturated rings. The standard InChI is InChI=1S/H2N2O2/c1-2(3)4/h1H2/i/hD. The molecule has 0 aliphatic heterocycles. The van der Waals surface area contributed by atoms with Crippen molar-refractivity contribution in [3.8, 4) is 0 Å². The predicted octanol–water partition coefficient (Wildman–Crippen LogP) is -0.863. The molecule has 0 amide bonds. The molecule has 0 aromatic rings. The summed E-state index contributed by atoms with van der Waals surface area (Å²) in [5.74, 6) is 1.00. The molecule has 0 spiro atoms. The summed E-state index contributed by atoms with van der Waals surface area (Å²) < 4.78 is 5.71. The van der Waals surface area contributed by atoms with Gasteiger partial charge in [-0.25, -0.2) is 10.1 Å². The highest BCUT2D eigenvalue weighted by molar-refractivity contribution is 3.87. The summed E-state index contributed by atoms with van der Waals surface area (Å²) >= 11 is 0. The Kier molecular flexibility index (Phi) is 0.248. The summed E-state index contributed by atoms with van der Waals surface area (Å²) in [4.78, 5) is 8.88. The number of hydrogen-bond donors (Lipinski definition) is 1. The lowest BCUT2D eigenvalue weighted by atomic mass is 12.8. The molecule has 0 aromatic carbocycles. The van der Waals surface area contributed by atoms with Crippen LogP contribution in [0.3, 0.4) is 0 Å². The minimum Gasteiger partial charge on any atom is -0.235 e. The quantitative estimate of drug-likeness (QED) is 0.244. The molecule has 0 rings (SSSR count). The Morgan fingerprint density at radius 3 is 2.75 bits per heavy atom. The zero-order valence-electron chi connectivity index (χ0n) is 2.76. The van der Waals surface area contributed by atoms with Gasteiger partial charge < -0.3 is 0 Å². The van der Waals surface area contributed by atoms with Crippen molar-refractivity contribution in [2.75, 3.05) is 0 Å². The third kappa shape index (κ3) is 0.0750. The van der Waals surface area contributed by atoms with Crippen molar-refractivity contribution in [1.82, 2.24) is 0 Å². The average molecular weight is 63.0 g/mol. The predicted molar refractivity (Wildman–Crippen MR) is 11.2 cm³/mol. The van der Waals surface area contributed by atoms with Crippen LogP contribution in [0, 0.1) is 10.1 Å². The molecule has 0 radical (unpaired) electrons. The Bertz CT molecular complexity index is 42.9. The Balaban J connectivity index is 2.85. The molecule has 0 heterocycles. The second kappa shape index (κ2) is 0.655. The molecular weight excluding hydrogens is 60.0 g/mol. The van der Waals surface area contributed by atoms with Gasteiger partial charge in [0, 0.05) is 0 Å². The van der Waals surface area contributed by atoms with E-state index in [0.29, 0.717) is 0 Å². The van der Waals surface area contributed by atoms with Crippen molar-refractivity contribution in [1.29, 1.82) is 0 Å². The van der Waals surface area contributed by atoms with Gasteiger partial charge in [0.25, 0.3) is 0 Å². The van der Waals surface area contributed by atoms with Crippen LogP contribution in [0.25, 0.3) is 0 Å². The molecule has 0 atom stereocenters. The molecule has 0 aliphatic carbocycles. The molecule has 24 valence electrons. The lowest BCUT2D eigenvalue weighted by Crippen LogP contribution is -2.04. The van der Waals surface area contributed by atoms with Crippen LogP contribution in [-0.4, -0.2) is 5.03 Å². The van der Waals surface area contributed by atoms with E-state index in [1.54, 1.807) is 0 Å². The van der Waals surface area contributed by atoms with Crippen LogP contribution < -0.4 is 5.84 Å². The van der Waals surface area contributed by atoms with Crippen molar-refractivity contribution in [2.24, 2.45) is 5.84 Å². The van der Waals surface area contributed by atoms with Crippen LogP contribution in [0.5, 0.6) is 0 Å². The first-order chi connectivity index (χ1) is 2.27. The Labute approximate surface area is 23.8 Å². The minimum atomic E-state index is -0.958. The van der Waals surface area contributed by atoms with Gasteiger partial charge in [0.2, 0.25) is 1.41 Å². The van der Waals surface area contributed by atoms with Crippen LogP contribution in [0.2, 0.25) is 1.41 Å². The normalized spacial score (nSPS) is 8.50. The van der Waals surface area contributed by atoms with Crippen molar-refractivity contribution >= 4 is 0 Å². The van der Waals surface area contributed by atoms with E-state index in [1.165, 1.54) is 0 Å². The van der Waals surface area contributed by atoms with E-state index in [4.69, 9.17) is 11.5 Å². The molecule has 0 saturated heterocycles. The maximum absolute atomic E-state index is 8.88. The van der Waals surface area contributed by atoms with Crippen molar-refractivity contribution in [3.05, 3.63) is 10.1 Å². The van der Waals surface area contributed by atoms with E-state index in [2.05, 4.69) is 0 Å². The molecule has 0 bridgehead atoms. The summed E-state index contributed by atoms with van der Waals surface area (Å²) in [6, 6.07) is 0. The van der Waals surface area contributed by atoms with Crippen LogP contribution in [-0.2, 0) is 0 Å². The van der Waals surface area contributed by atoms with Gasteiger partial charge >= 0.3 is 0 Å². The van der Waals surface area contributed by atoms with Gasteiger partial charge in [0.05, 0.1) is 0 Å². The van der Waals surface area contributed by atoms with E-state index in [0.717, 1.165) is 5.84 Å². The van der Waals surface area contributed by atoms with Gasteiger partial charge in [-0.05, 0) is 0 Å². The first-order valence-electron chi connectivity index (χ1n) is 1.09. The second-order valence-corrected chi connectivity index (χ2v) is 0.257. The second-order valence-electron chi connectivity index (χ2n) is 0.257. The monoisotopic (exact) mass is 63.0 g/mol. The smallest absolute Gasteiger partial charge is 0.234 e. The zero-order chi connectivity index (χ0) is 4.28. The maximum Gasteiger partial charge on any atom is 0.234 e. The van der Waals surface area contributed by atoms with E-state index in [-0.39, 0.29) is 0 Å². The fourth-order valence-corrected chi connectivity index (χ4v) is 0. The van der Waals surface area contributed by atoms with Gasteiger partial charge in [0.1, 0.15) is 0 Å². The molecule has 4 heavy (non-hydrogen) atoms. The molecule has 4 nitrogen and oxygen atoms in total. The highest BCUT2D eigenvalue weighted by atomic mass is 16.7. The lowest BCUT2D eigenvalue weighted by Gasteiger charge is -1.61. The van der Waals surface area contributed by atoms with Crippen molar-refractivity contribution in [3.63, 3.8) is 0 Å². The fourth-order valence-electron chi connectivity index (χ4n) is 0. The summed E-state index contributed by atoms with van der Waals surface area (Å²) in [6.45, 7) is 0. The third-order valence-electron chi connectivity index (χ3n) is 0. The highest BCUT2D eigenvalue weighted by Gasteiger charge is 1.57. The summed E-state index contributed by atoms with van der Waals surface area (Å²) in [5, 5.41) is 7.92. The van der Waals surface area contributed by atoms with E-state index >= 15 is 0 Å². The molecule has 0 aliphatic rings. The van der Waals surface area contributed by atoms with Crippen LogP contribution in [0.1, 0.15) is 0 Å². The molecule has 0 aromatic heterocycles. The number of hydrogen-bond acceptors (Lipinski definition) is 2. The molecule has 0 saturated carbocycles.